The van der Waals surface area contributed by atoms with Crippen LogP contribution in [0.5, 0.6) is 0 Å². The highest BCUT2D eigenvalue weighted by Gasteiger charge is 2.27. The van der Waals surface area contributed by atoms with Gasteiger partial charge in [0.05, 0.1) is 18.8 Å². The summed E-state index contributed by atoms with van der Waals surface area (Å²) < 4.78 is 5.64. The van der Waals surface area contributed by atoms with E-state index >= 15 is 0 Å². The molecule has 0 atom stereocenters. The Morgan fingerprint density at radius 1 is 1.33 bits per heavy atom. The minimum atomic E-state index is -0.134. The Morgan fingerprint density at radius 3 is 2.72 bits per heavy atom. The van der Waals surface area contributed by atoms with Crippen LogP contribution in [0.4, 0.5) is 0 Å². The molecule has 1 aromatic carbocycles. The van der Waals surface area contributed by atoms with Crippen molar-refractivity contribution in [2.45, 2.75) is 25.9 Å². The summed E-state index contributed by atoms with van der Waals surface area (Å²) in [6.45, 7) is 7.06. The van der Waals surface area contributed by atoms with Crippen molar-refractivity contribution in [3.63, 3.8) is 0 Å². The van der Waals surface area contributed by atoms with Gasteiger partial charge in [0.1, 0.15) is 0 Å². The molecule has 18 heavy (non-hydrogen) atoms. The Labute approximate surface area is 109 Å². The largest absolute Gasteiger partial charge is 0.373 e. The number of morpholine rings is 1. The molecule has 1 saturated heterocycles. The second-order valence-electron chi connectivity index (χ2n) is 5.52. The molecule has 1 fully saturated rings. The predicted octanol–water partition coefficient (Wildman–Crippen LogP) is 1.91. The highest BCUT2D eigenvalue weighted by Crippen LogP contribution is 2.16. The van der Waals surface area contributed by atoms with E-state index in [4.69, 9.17) is 4.74 Å². The first kappa shape index (κ1) is 13.2. The summed E-state index contributed by atoms with van der Waals surface area (Å²) in [6.07, 6.45) is 0.526. The number of carbonyl (C=O) groups is 1. The van der Waals surface area contributed by atoms with Crippen LogP contribution in [0.3, 0.4) is 0 Å². The van der Waals surface area contributed by atoms with Crippen LogP contribution in [0, 0.1) is 0 Å². The Bertz CT molecular complexity index is 400. The fourth-order valence-corrected chi connectivity index (χ4v) is 2.38. The number of benzene rings is 1. The van der Waals surface area contributed by atoms with Crippen LogP contribution >= 0.6 is 0 Å². The van der Waals surface area contributed by atoms with Gasteiger partial charge in [0.15, 0.2) is 5.78 Å². The van der Waals surface area contributed by atoms with Crippen LogP contribution in [0.1, 0.15) is 19.4 Å². The van der Waals surface area contributed by atoms with E-state index in [1.807, 2.05) is 30.3 Å². The second kappa shape index (κ2) is 5.63. The van der Waals surface area contributed by atoms with Crippen molar-refractivity contribution in [3.05, 3.63) is 35.9 Å². The van der Waals surface area contributed by atoms with Gasteiger partial charge in [-0.15, -0.1) is 0 Å². The predicted molar refractivity (Wildman–Crippen MR) is 71.6 cm³/mol. The number of ketones is 1. The average molecular weight is 247 g/mol. The first-order valence-electron chi connectivity index (χ1n) is 6.47. The van der Waals surface area contributed by atoms with Crippen molar-refractivity contribution in [1.82, 2.24) is 4.90 Å². The minimum Gasteiger partial charge on any atom is -0.373 e. The maximum absolute atomic E-state index is 12.0. The van der Waals surface area contributed by atoms with E-state index < -0.39 is 0 Å². The van der Waals surface area contributed by atoms with Crippen molar-refractivity contribution in [1.29, 1.82) is 0 Å². The summed E-state index contributed by atoms with van der Waals surface area (Å²) >= 11 is 0. The summed E-state index contributed by atoms with van der Waals surface area (Å²) in [7, 11) is 0. The quantitative estimate of drug-likeness (QED) is 0.814. The summed E-state index contributed by atoms with van der Waals surface area (Å²) in [5, 5.41) is 0. The van der Waals surface area contributed by atoms with Gasteiger partial charge in [-0.1, -0.05) is 30.3 Å². The molecular formula is C15H21NO2. The smallest absolute Gasteiger partial charge is 0.151 e. The lowest BCUT2D eigenvalue weighted by molar-refractivity contribution is -0.124. The van der Waals surface area contributed by atoms with E-state index in [0.29, 0.717) is 19.6 Å². The fourth-order valence-electron chi connectivity index (χ4n) is 2.38. The normalized spacial score (nSPS) is 19.7. The van der Waals surface area contributed by atoms with Gasteiger partial charge in [-0.05, 0) is 19.4 Å². The highest BCUT2D eigenvalue weighted by atomic mass is 16.5. The maximum Gasteiger partial charge on any atom is 0.151 e. The first-order valence-corrected chi connectivity index (χ1v) is 6.47. The van der Waals surface area contributed by atoms with Gasteiger partial charge in [-0.2, -0.15) is 0 Å². The van der Waals surface area contributed by atoms with Gasteiger partial charge >= 0.3 is 0 Å². The van der Waals surface area contributed by atoms with Gasteiger partial charge < -0.3 is 4.74 Å². The Morgan fingerprint density at radius 2 is 2.06 bits per heavy atom. The molecule has 3 heteroatoms. The zero-order chi connectivity index (χ0) is 13.0. The van der Waals surface area contributed by atoms with E-state index in [0.717, 1.165) is 18.7 Å². The highest BCUT2D eigenvalue weighted by molar-refractivity contribution is 5.82. The van der Waals surface area contributed by atoms with Crippen molar-refractivity contribution >= 4 is 5.78 Å². The summed E-state index contributed by atoms with van der Waals surface area (Å²) in [5.41, 5.74) is 0.959. The third-order valence-corrected chi connectivity index (χ3v) is 3.15. The minimum absolute atomic E-state index is 0.134. The van der Waals surface area contributed by atoms with Crippen LogP contribution in [-0.4, -0.2) is 42.5 Å². The fraction of sp³-hybridized carbons (Fsp3) is 0.533. The molecule has 3 nitrogen and oxygen atoms in total. The zero-order valence-corrected chi connectivity index (χ0v) is 11.2. The third-order valence-electron chi connectivity index (χ3n) is 3.15. The van der Waals surface area contributed by atoms with Gasteiger partial charge in [0.2, 0.25) is 0 Å². The van der Waals surface area contributed by atoms with E-state index in [1.165, 1.54) is 0 Å². The molecule has 1 aliphatic rings. The van der Waals surface area contributed by atoms with Gasteiger partial charge in [-0.25, -0.2) is 0 Å². The maximum atomic E-state index is 12.0. The van der Waals surface area contributed by atoms with E-state index in [-0.39, 0.29) is 11.4 Å². The Kier molecular flexibility index (Phi) is 4.15. The van der Waals surface area contributed by atoms with Gasteiger partial charge in [-0.3, -0.25) is 9.69 Å². The molecular weight excluding hydrogens is 226 g/mol. The molecule has 0 spiro atoms. The number of hydrogen-bond acceptors (Lipinski definition) is 3. The van der Waals surface area contributed by atoms with Crippen LogP contribution in [0.15, 0.2) is 30.3 Å². The molecule has 1 aromatic rings. The molecule has 2 rings (SSSR count). The molecule has 1 heterocycles. The Hall–Kier alpha value is -1.19. The van der Waals surface area contributed by atoms with Crippen LogP contribution < -0.4 is 0 Å². The number of nitrogens with zero attached hydrogens (tertiary/aromatic N) is 1. The molecule has 0 amide bonds. The van der Waals surface area contributed by atoms with Gasteiger partial charge in [0, 0.05) is 19.5 Å². The topological polar surface area (TPSA) is 29.5 Å². The lowest BCUT2D eigenvalue weighted by Crippen LogP contribution is -2.49. The number of Topliss-reactive ketones (excluding diaryl/α,β-unsaturated/α-hetero) is 1. The number of rotatable bonds is 4. The SMILES string of the molecule is CC1(C)CN(CC(=O)Cc2ccccc2)CCO1. The molecule has 0 radical (unpaired) electrons. The molecule has 0 aliphatic carbocycles. The summed E-state index contributed by atoms with van der Waals surface area (Å²) in [5.74, 6) is 0.277. The van der Waals surface area contributed by atoms with E-state index in [1.54, 1.807) is 0 Å². The van der Waals surface area contributed by atoms with Crippen molar-refractivity contribution in [2.75, 3.05) is 26.2 Å². The van der Waals surface area contributed by atoms with Crippen molar-refractivity contribution in [3.8, 4) is 0 Å². The summed E-state index contributed by atoms with van der Waals surface area (Å²) in [4.78, 5) is 14.2. The van der Waals surface area contributed by atoms with E-state index in [2.05, 4.69) is 18.7 Å². The molecule has 1 aliphatic heterocycles. The van der Waals surface area contributed by atoms with Crippen LogP contribution in [0.25, 0.3) is 0 Å². The molecule has 0 bridgehead atoms. The standard InChI is InChI=1S/C15H21NO2/c1-15(2)12-16(8-9-18-15)11-14(17)10-13-6-4-3-5-7-13/h3-7H,8-12H2,1-2H3. The van der Waals surface area contributed by atoms with Crippen LogP contribution in [0.2, 0.25) is 0 Å². The molecule has 0 unspecified atom stereocenters. The monoisotopic (exact) mass is 247 g/mol. The second-order valence-corrected chi connectivity index (χ2v) is 5.52. The van der Waals surface area contributed by atoms with Crippen molar-refractivity contribution < 1.29 is 9.53 Å². The molecule has 0 aromatic heterocycles. The lowest BCUT2D eigenvalue weighted by atomic mass is 10.1. The first-order chi connectivity index (χ1) is 8.55. The van der Waals surface area contributed by atoms with E-state index in [9.17, 15) is 4.79 Å². The molecule has 0 saturated carbocycles. The van der Waals surface area contributed by atoms with Crippen molar-refractivity contribution in [2.24, 2.45) is 0 Å². The number of carbonyl (C=O) groups excluding carboxylic acids is 1. The molecule has 0 N–H and O–H groups in total. The van der Waals surface area contributed by atoms with Gasteiger partial charge in [0.25, 0.3) is 0 Å². The summed E-state index contributed by atoms with van der Waals surface area (Å²) in [6, 6.07) is 9.92. The number of hydrogen-bond donors (Lipinski definition) is 0. The molecule has 98 valence electrons. The average Bonchev–Trinajstić information content (AvgIpc) is 2.28. The lowest BCUT2D eigenvalue weighted by Gasteiger charge is -2.37. The van der Waals surface area contributed by atoms with Crippen LogP contribution in [-0.2, 0) is 16.0 Å². The Balaban J connectivity index is 1.84. The zero-order valence-electron chi connectivity index (χ0n) is 11.2. The third kappa shape index (κ3) is 3.93. The number of ether oxygens (including phenoxy) is 1.